The number of fused-ring (bicyclic) bond motifs is 2. The molecule has 1 saturated heterocycles. The van der Waals surface area contributed by atoms with Crippen molar-refractivity contribution in [3.63, 3.8) is 0 Å². The number of nitrogens with zero attached hydrogens (tertiary/aromatic N) is 4. The maximum Gasteiger partial charge on any atom is 0.246 e. The highest BCUT2D eigenvalue weighted by atomic mass is 32.2. The number of hydrogen-bond acceptors (Lipinski definition) is 6. The second-order valence-electron chi connectivity index (χ2n) is 7.16. The quantitative estimate of drug-likeness (QED) is 0.870. The SMILES string of the molecule is Cc1n[nH]c(C)c1S(=O)(=O)N1C[C@H]2CCC[C@@H](C1)C2Oc1cnccn1. The number of sulfonamides is 1. The van der Waals surface area contributed by atoms with Gasteiger partial charge in [-0.25, -0.2) is 13.4 Å². The standard InChI is InChI=1S/C17H23N5O3S/c1-11-17(12(2)21-20-11)26(23,24)22-9-13-4-3-5-14(10-22)16(13)25-15-8-18-6-7-19-15/h6-8,13-14,16H,3-5,9-10H2,1-2H3,(H,20,21)/t13-,14+,16?. The van der Waals surface area contributed by atoms with Crippen LogP contribution in [-0.2, 0) is 10.0 Å². The van der Waals surface area contributed by atoms with E-state index in [4.69, 9.17) is 4.74 Å². The van der Waals surface area contributed by atoms with E-state index < -0.39 is 10.0 Å². The van der Waals surface area contributed by atoms with E-state index in [9.17, 15) is 8.42 Å². The van der Waals surface area contributed by atoms with Gasteiger partial charge in [-0.05, 0) is 26.7 Å². The van der Waals surface area contributed by atoms with Crippen molar-refractivity contribution in [3.05, 3.63) is 30.0 Å². The van der Waals surface area contributed by atoms with Crippen molar-refractivity contribution in [2.45, 2.75) is 44.1 Å². The summed E-state index contributed by atoms with van der Waals surface area (Å²) >= 11 is 0. The molecule has 3 heterocycles. The van der Waals surface area contributed by atoms with E-state index in [0.29, 0.717) is 35.3 Å². The Balaban J connectivity index is 1.58. The third-order valence-corrected chi connectivity index (χ3v) is 7.51. The molecule has 0 radical (unpaired) electrons. The fourth-order valence-electron chi connectivity index (χ4n) is 4.27. The minimum Gasteiger partial charge on any atom is -0.473 e. The van der Waals surface area contributed by atoms with E-state index in [1.54, 1.807) is 36.7 Å². The number of hydrogen-bond donors (Lipinski definition) is 1. The van der Waals surface area contributed by atoms with Crippen molar-refractivity contribution in [3.8, 4) is 5.88 Å². The molecule has 3 atom stereocenters. The zero-order valence-corrected chi connectivity index (χ0v) is 15.7. The topological polar surface area (TPSA) is 101 Å². The normalized spacial score (nSPS) is 26.6. The summed E-state index contributed by atoms with van der Waals surface area (Å²) in [5, 5.41) is 6.83. The van der Waals surface area contributed by atoms with Crippen molar-refractivity contribution in [1.82, 2.24) is 24.5 Å². The van der Waals surface area contributed by atoms with E-state index in [-0.39, 0.29) is 17.9 Å². The van der Waals surface area contributed by atoms with Gasteiger partial charge in [0, 0.05) is 37.3 Å². The van der Waals surface area contributed by atoms with Crippen molar-refractivity contribution >= 4 is 10.0 Å². The molecule has 0 aromatic carbocycles. The van der Waals surface area contributed by atoms with Crippen LogP contribution in [0.25, 0.3) is 0 Å². The minimum absolute atomic E-state index is 0.0153. The first-order valence-electron chi connectivity index (χ1n) is 8.91. The number of aryl methyl sites for hydroxylation is 2. The Morgan fingerprint density at radius 2 is 1.92 bits per heavy atom. The van der Waals surface area contributed by atoms with E-state index in [2.05, 4.69) is 20.2 Å². The van der Waals surface area contributed by atoms with Crippen molar-refractivity contribution in [1.29, 1.82) is 0 Å². The molecule has 1 aliphatic carbocycles. The highest BCUT2D eigenvalue weighted by Gasteiger charge is 2.45. The second-order valence-corrected chi connectivity index (χ2v) is 9.04. The molecule has 26 heavy (non-hydrogen) atoms. The van der Waals surface area contributed by atoms with Crippen LogP contribution in [0.15, 0.2) is 23.5 Å². The summed E-state index contributed by atoms with van der Waals surface area (Å²) in [6.45, 7) is 4.40. The molecule has 2 aromatic rings. The Bertz CT molecular complexity index is 850. The lowest BCUT2D eigenvalue weighted by molar-refractivity contribution is -0.0123. The first-order valence-corrected chi connectivity index (χ1v) is 10.3. The van der Waals surface area contributed by atoms with Crippen LogP contribution in [0.1, 0.15) is 30.7 Å². The number of ether oxygens (including phenoxy) is 1. The lowest BCUT2D eigenvalue weighted by Crippen LogP contribution is -2.55. The molecule has 0 spiro atoms. The number of aromatic amines is 1. The largest absolute Gasteiger partial charge is 0.473 e. The van der Waals surface area contributed by atoms with Gasteiger partial charge >= 0.3 is 0 Å². The van der Waals surface area contributed by atoms with Gasteiger partial charge in [0.15, 0.2) is 0 Å². The van der Waals surface area contributed by atoms with E-state index in [1.807, 2.05) is 0 Å². The summed E-state index contributed by atoms with van der Waals surface area (Å²) in [5.74, 6) is 0.825. The molecule has 140 valence electrons. The zero-order valence-electron chi connectivity index (χ0n) is 14.9. The number of piperidine rings is 1. The second kappa shape index (κ2) is 6.62. The summed E-state index contributed by atoms with van der Waals surface area (Å²) < 4.78 is 34.1. The Kier molecular flexibility index (Phi) is 4.44. The summed E-state index contributed by atoms with van der Waals surface area (Å²) in [5.41, 5.74) is 1.11. The van der Waals surface area contributed by atoms with Gasteiger partial charge in [-0.15, -0.1) is 0 Å². The third-order valence-electron chi connectivity index (χ3n) is 5.41. The molecule has 1 aliphatic heterocycles. The van der Waals surface area contributed by atoms with Gasteiger partial charge in [0.05, 0.1) is 17.6 Å². The lowest BCUT2D eigenvalue weighted by Gasteiger charge is -2.46. The monoisotopic (exact) mass is 377 g/mol. The summed E-state index contributed by atoms with van der Waals surface area (Å²) in [4.78, 5) is 8.56. The molecule has 1 N–H and O–H groups in total. The van der Waals surface area contributed by atoms with Crippen LogP contribution in [-0.4, -0.2) is 52.1 Å². The Morgan fingerprint density at radius 1 is 1.19 bits per heavy atom. The van der Waals surface area contributed by atoms with Crippen LogP contribution < -0.4 is 4.74 Å². The first kappa shape index (κ1) is 17.4. The highest BCUT2D eigenvalue weighted by molar-refractivity contribution is 7.89. The number of aromatic nitrogens is 4. The molecule has 1 unspecified atom stereocenters. The van der Waals surface area contributed by atoms with Gasteiger partial charge in [0.1, 0.15) is 11.0 Å². The molecule has 2 aromatic heterocycles. The van der Waals surface area contributed by atoms with Crippen LogP contribution in [0.4, 0.5) is 0 Å². The minimum atomic E-state index is -3.56. The summed E-state index contributed by atoms with van der Waals surface area (Å²) in [6, 6.07) is 0. The van der Waals surface area contributed by atoms with Gasteiger partial charge < -0.3 is 4.74 Å². The molecular formula is C17H23N5O3S. The predicted octanol–water partition coefficient (Wildman–Crippen LogP) is 1.68. The zero-order chi connectivity index (χ0) is 18.3. The molecule has 2 bridgehead atoms. The van der Waals surface area contributed by atoms with E-state index in [1.165, 1.54) is 0 Å². The molecule has 9 heteroatoms. The molecular weight excluding hydrogens is 354 g/mol. The fourth-order valence-corrected chi connectivity index (χ4v) is 6.15. The van der Waals surface area contributed by atoms with Crippen LogP contribution in [0, 0.1) is 25.7 Å². The van der Waals surface area contributed by atoms with Crippen molar-refractivity contribution in [2.24, 2.45) is 11.8 Å². The van der Waals surface area contributed by atoms with E-state index >= 15 is 0 Å². The molecule has 8 nitrogen and oxygen atoms in total. The average Bonchev–Trinajstić information content (AvgIpc) is 2.94. The lowest BCUT2D eigenvalue weighted by atomic mass is 9.76. The predicted molar refractivity (Wildman–Crippen MR) is 94.1 cm³/mol. The van der Waals surface area contributed by atoms with Gasteiger partial charge in [0.2, 0.25) is 15.9 Å². The van der Waals surface area contributed by atoms with Gasteiger partial charge in [0.25, 0.3) is 0 Å². The van der Waals surface area contributed by atoms with Crippen LogP contribution in [0.2, 0.25) is 0 Å². The molecule has 0 amide bonds. The highest BCUT2D eigenvalue weighted by Crippen LogP contribution is 2.39. The van der Waals surface area contributed by atoms with Crippen LogP contribution >= 0.6 is 0 Å². The molecule has 2 fully saturated rings. The van der Waals surface area contributed by atoms with Crippen LogP contribution in [0.3, 0.4) is 0 Å². The van der Waals surface area contributed by atoms with Gasteiger partial charge in [-0.2, -0.15) is 9.40 Å². The number of rotatable bonds is 4. The first-order chi connectivity index (χ1) is 12.5. The van der Waals surface area contributed by atoms with Gasteiger partial charge in [-0.1, -0.05) is 6.42 Å². The summed E-state index contributed by atoms with van der Waals surface area (Å²) in [7, 11) is -3.56. The molecule has 2 aliphatic rings. The Morgan fingerprint density at radius 3 is 2.50 bits per heavy atom. The number of H-pyrrole nitrogens is 1. The number of nitrogens with one attached hydrogen (secondary N) is 1. The molecule has 1 saturated carbocycles. The van der Waals surface area contributed by atoms with Crippen molar-refractivity contribution in [2.75, 3.05) is 13.1 Å². The maximum atomic E-state index is 13.2. The Labute approximate surface area is 153 Å². The Hall–Kier alpha value is -2.00. The van der Waals surface area contributed by atoms with Crippen LogP contribution in [0.5, 0.6) is 5.88 Å². The maximum absolute atomic E-state index is 13.2. The smallest absolute Gasteiger partial charge is 0.246 e. The third kappa shape index (κ3) is 2.99. The van der Waals surface area contributed by atoms with E-state index in [0.717, 1.165) is 19.3 Å². The average molecular weight is 377 g/mol. The van der Waals surface area contributed by atoms with Gasteiger partial charge in [-0.3, -0.25) is 10.1 Å². The fraction of sp³-hybridized carbons (Fsp3) is 0.588. The molecule has 4 rings (SSSR count). The summed E-state index contributed by atoms with van der Waals surface area (Å²) in [6.07, 6.45) is 7.82. The van der Waals surface area contributed by atoms with Crippen molar-refractivity contribution < 1.29 is 13.2 Å².